The van der Waals surface area contributed by atoms with Gasteiger partial charge >= 0.3 is 0 Å². The largest absolute Gasteiger partial charge is 0.497 e. The molecule has 0 radical (unpaired) electrons. The van der Waals surface area contributed by atoms with E-state index in [9.17, 15) is 15.4 Å². The lowest BCUT2D eigenvalue weighted by atomic mass is 9.98. The first-order valence-electron chi connectivity index (χ1n) is 8.88. The van der Waals surface area contributed by atoms with Gasteiger partial charge in [-0.1, -0.05) is 6.08 Å². The number of hydrogen-bond acceptors (Lipinski definition) is 5. The highest BCUT2D eigenvalue weighted by Gasteiger charge is 2.20. The van der Waals surface area contributed by atoms with Crippen molar-refractivity contribution in [2.45, 2.75) is 6.42 Å². The molecule has 0 saturated carbocycles. The van der Waals surface area contributed by atoms with Gasteiger partial charge in [-0.15, -0.1) is 0 Å². The van der Waals surface area contributed by atoms with E-state index in [1.54, 1.807) is 13.2 Å². The molecule has 0 fully saturated rings. The van der Waals surface area contributed by atoms with E-state index < -0.39 is 4.92 Å². The summed E-state index contributed by atoms with van der Waals surface area (Å²) in [5.74, 6) is 0.816. The highest BCUT2D eigenvalue weighted by atomic mass is 16.6. The number of aromatic amines is 1. The zero-order valence-electron chi connectivity index (χ0n) is 15.3. The molecule has 0 spiro atoms. The summed E-state index contributed by atoms with van der Waals surface area (Å²) in [7, 11) is 1.65. The summed E-state index contributed by atoms with van der Waals surface area (Å²) in [6.07, 6.45) is 4.97. The third kappa shape index (κ3) is 3.05. The van der Waals surface area contributed by atoms with Crippen molar-refractivity contribution >= 4 is 27.9 Å². The van der Waals surface area contributed by atoms with E-state index in [0.29, 0.717) is 12.1 Å². The Morgan fingerprint density at radius 2 is 2.14 bits per heavy atom. The minimum Gasteiger partial charge on any atom is -0.497 e. The molecular formula is C21H18N4O3. The molecule has 1 aliphatic heterocycles. The van der Waals surface area contributed by atoms with Crippen molar-refractivity contribution in [3.8, 4) is 11.8 Å². The van der Waals surface area contributed by atoms with E-state index in [1.165, 1.54) is 17.7 Å². The van der Waals surface area contributed by atoms with Crippen molar-refractivity contribution in [3.63, 3.8) is 0 Å². The van der Waals surface area contributed by atoms with Crippen LogP contribution in [0.3, 0.4) is 0 Å². The molecule has 1 N–H and O–H groups in total. The summed E-state index contributed by atoms with van der Waals surface area (Å²) < 4.78 is 5.34. The second kappa shape index (κ2) is 7.08. The van der Waals surface area contributed by atoms with Crippen LogP contribution in [0.2, 0.25) is 0 Å². The van der Waals surface area contributed by atoms with Crippen molar-refractivity contribution in [2.24, 2.45) is 0 Å². The van der Waals surface area contributed by atoms with E-state index in [0.717, 1.165) is 40.9 Å². The lowest BCUT2D eigenvalue weighted by Crippen LogP contribution is -2.28. The number of nitro groups is 1. The van der Waals surface area contributed by atoms with Crippen LogP contribution in [-0.2, 0) is 0 Å². The molecule has 7 nitrogen and oxygen atoms in total. The highest BCUT2D eigenvalue weighted by molar-refractivity contribution is 5.94. The van der Waals surface area contributed by atoms with Crippen LogP contribution < -0.4 is 9.64 Å². The topological polar surface area (TPSA) is 95.2 Å². The molecule has 1 aromatic heterocycles. The van der Waals surface area contributed by atoms with Crippen LogP contribution in [0, 0.1) is 21.4 Å². The molecule has 2 heterocycles. The SMILES string of the molecule is COc1ccc2[nH]cc(C3=CCN(c4ccc([N+](=O)[O-])cc4C#N)CC3)c2c1. The van der Waals surface area contributed by atoms with E-state index >= 15 is 0 Å². The molecule has 0 bridgehead atoms. The van der Waals surface area contributed by atoms with Gasteiger partial charge in [0.15, 0.2) is 0 Å². The highest BCUT2D eigenvalue weighted by Crippen LogP contribution is 2.33. The van der Waals surface area contributed by atoms with E-state index in [1.807, 2.05) is 24.4 Å². The number of methoxy groups -OCH3 is 1. The lowest BCUT2D eigenvalue weighted by Gasteiger charge is -2.29. The Kier molecular flexibility index (Phi) is 4.45. The van der Waals surface area contributed by atoms with Gasteiger partial charge in [-0.3, -0.25) is 10.1 Å². The Morgan fingerprint density at radius 1 is 1.29 bits per heavy atom. The first-order chi connectivity index (χ1) is 13.6. The van der Waals surface area contributed by atoms with Crippen molar-refractivity contribution in [3.05, 3.63) is 69.9 Å². The predicted octanol–water partition coefficient (Wildman–Crippen LogP) is 4.25. The minimum absolute atomic E-state index is 0.0683. The van der Waals surface area contributed by atoms with Crippen LogP contribution in [-0.4, -0.2) is 30.1 Å². The zero-order chi connectivity index (χ0) is 19.7. The summed E-state index contributed by atoms with van der Waals surface area (Å²) in [6.45, 7) is 1.37. The standard InChI is InChI=1S/C21H18N4O3/c1-28-17-3-4-20-18(11-17)19(13-23-20)14-6-8-24(9-7-14)21-5-2-16(25(26)27)10-15(21)12-22/h2-6,10-11,13,23H,7-9H2,1H3. The fraction of sp³-hybridized carbons (Fsp3) is 0.190. The van der Waals surface area contributed by atoms with Crippen LogP contribution >= 0.6 is 0 Å². The summed E-state index contributed by atoms with van der Waals surface area (Å²) in [4.78, 5) is 15.8. The number of nitriles is 1. The summed E-state index contributed by atoms with van der Waals surface area (Å²) in [6, 6.07) is 12.5. The van der Waals surface area contributed by atoms with Crippen LogP contribution in [0.5, 0.6) is 5.75 Å². The molecule has 7 heteroatoms. The maximum Gasteiger partial charge on any atom is 0.270 e. The number of nitrogens with zero attached hydrogens (tertiary/aromatic N) is 3. The third-order valence-corrected chi connectivity index (χ3v) is 5.10. The molecule has 0 atom stereocenters. The molecule has 0 aliphatic carbocycles. The van der Waals surface area contributed by atoms with Crippen molar-refractivity contribution in [1.29, 1.82) is 5.26 Å². The third-order valence-electron chi connectivity index (χ3n) is 5.10. The fourth-order valence-corrected chi connectivity index (χ4v) is 3.63. The number of hydrogen-bond donors (Lipinski definition) is 1. The van der Waals surface area contributed by atoms with Gasteiger partial charge in [0.05, 0.1) is 23.3 Å². The number of H-pyrrole nitrogens is 1. The Hall–Kier alpha value is -3.79. The molecule has 3 aromatic rings. The van der Waals surface area contributed by atoms with Gasteiger partial charge in [-0.25, -0.2) is 0 Å². The average molecular weight is 374 g/mol. The van der Waals surface area contributed by atoms with E-state index in [4.69, 9.17) is 4.74 Å². The second-order valence-electron chi connectivity index (χ2n) is 6.61. The lowest BCUT2D eigenvalue weighted by molar-refractivity contribution is -0.384. The fourth-order valence-electron chi connectivity index (χ4n) is 3.63. The average Bonchev–Trinajstić information content (AvgIpc) is 3.16. The van der Waals surface area contributed by atoms with Crippen LogP contribution in [0.25, 0.3) is 16.5 Å². The number of fused-ring (bicyclic) bond motifs is 1. The van der Waals surface area contributed by atoms with E-state index in [-0.39, 0.29) is 5.69 Å². The van der Waals surface area contributed by atoms with Crippen LogP contribution in [0.1, 0.15) is 17.5 Å². The Balaban J connectivity index is 1.62. The Labute approximate surface area is 161 Å². The summed E-state index contributed by atoms with van der Waals surface area (Å²) in [5, 5.41) is 21.5. The molecule has 2 aromatic carbocycles. The predicted molar refractivity (Wildman–Crippen MR) is 107 cm³/mol. The maximum absolute atomic E-state index is 10.9. The minimum atomic E-state index is -0.482. The van der Waals surface area contributed by atoms with Gasteiger partial charge < -0.3 is 14.6 Å². The molecule has 4 rings (SSSR count). The van der Waals surface area contributed by atoms with Crippen molar-refractivity contribution in [2.75, 3.05) is 25.1 Å². The van der Waals surface area contributed by atoms with Gasteiger partial charge in [0.25, 0.3) is 5.69 Å². The van der Waals surface area contributed by atoms with Crippen LogP contribution in [0.4, 0.5) is 11.4 Å². The molecule has 0 unspecified atom stereocenters. The number of ether oxygens (including phenoxy) is 1. The summed E-state index contributed by atoms with van der Waals surface area (Å²) in [5.41, 5.74) is 4.42. The zero-order valence-corrected chi connectivity index (χ0v) is 15.3. The smallest absolute Gasteiger partial charge is 0.270 e. The first kappa shape index (κ1) is 17.6. The molecule has 0 saturated heterocycles. The van der Waals surface area contributed by atoms with Gasteiger partial charge in [0.1, 0.15) is 11.8 Å². The monoisotopic (exact) mass is 374 g/mol. The second-order valence-corrected chi connectivity index (χ2v) is 6.61. The van der Waals surface area contributed by atoms with Crippen LogP contribution in [0.15, 0.2) is 48.7 Å². The van der Waals surface area contributed by atoms with Crippen molar-refractivity contribution < 1.29 is 9.66 Å². The van der Waals surface area contributed by atoms with Crippen molar-refractivity contribution in [1.82, 2.24) is 4.98 Å². The molecular weight excluding hydrogens is 356 g/mol. The number of nitrogens with one attached hydrogen (secondary N) is 1. The molecule has 140 valence electrons. The van der Waals surface area contributed by atoms with Gasteiger partial charge in [0, 0.05) is 47.9 Å². The number of nitro benzene ring substituents is 1. The number of non-ortho nitro benzene ring substituents is 1. The number of anilines is 1. The summed E-state index contributed by atoms with van der Waals surface area (Å²) >= 11 is 0. The Bertz CT molecular complexity index is 1140. The molecule has 1 aliphatic rings. The van der Waals surface area contributed by atoms with E-state index in [2.05, 4.69) is 22.0 Å². The first-order valence-corrected chi connectivity index (χ1v) is 8.88. The quantitative estimate of drug-likeness (QED) is 0.544. The number of benzene rings is 2. The molecule has 0 amide bonds. The Morgan fingerprint density at radius 3 is 2.82 bits per heavy atom. The van der Waals surface area contributed by atoms with Gasteiger partial charge in [-0.2, -0.15) is 5.26 Å². The maximum atomic E-state index is 10.9. The van der Waals surface area contributed by atoms with Gasteiger partial charge in [0.2, 0.25) is 0 Å². The normalized spacial score (nSPS) is 13.9. The molecule has 28 heavy (non-hydrogen) atoms. The van der Waals surface area contributed by atoms with Gasteiger partial charge in [-0.05, 0) is 36.3 Å². The number of aromatic nitrogens is 1. The number of rotatable bonds is 4.